The van der Waals surface area contributed by atoms with Gasteiger partial charge in [-0.1, -0.05) is 48.0 Å². The van der Waals surface area contributed by atoms with E-state index >= 15 is 0 Å². The highest BCUT2D eigenvalue weighted by molar-refractivity contribution is 7.92. The highest BCUT2D eigenvalue weighted by atomic mass is 32.2. The zero-order valence-electron chi connectivity index (χ0n) is 20.6. The number of nitrogens with zero attached hydrogens (tertiary/aromatic N) is 1. The molecular formula is C27H31N3O4S. The van der Waals surface area contributed by atoms with Crippen molar-refractivity contribution in [3.05, 3.63) is 89.5 Å². The van der Waals surface area contributed by atoms with E-state index in [1.165, 1.54) is 12.1 Å². The van der Waals surface area contributed by atoms with E-state index in [9.17, 15) is 18.0 Å². The Labute approximate surface area is 207 Å². The Kier molecular flexibility index (Phi) is 7.65. The van der Waals surface area contributed by atoms with Gasteiger partial charge in [0, 0.05) is 5.54 Å². The number of carbonyl (C=O) groups excluding carboxylic acids is 2. The standard InChI is InChI=1S/C27H31N3O4S/c1-19-14-16-21(17-15-19)35(33,34)30(24-13-9-6-10-20(24)2)18-25(31)28-23-12-8-7-11-22(23)26(32)29-27(3,4)5/h6-17H,18H2,1-5H3,(H,28,31)(H,29,32). The minimum absolute atomic E-state index is 0.0871. The van der Waals surface area contributed by atoms with Crippen LogP contribution in [0.2, 0.25) is 0 Å². The van der Waals surface area contributed by atoms with Crippen molar-refractivity contribution in [2.24, 2.45) is 0 Å². The Morgan fingerprint density at radius 2 is 1.46 bits per heavy atom. The Hall–Kier alpha value is -3.65. The summed E-state index contributed by atoms with van der Waals surface area (Å²) in [5.41, 5.74) is 2.17. The number of nitrogens with one attached hydrogen (secondary N) is 2. The summed E-state index contributed by atoms with van der Waals surface area (Å²) in [6, 6.07) is 20.1. The van der Waals surface area contributed by atoms with Crippen LogP contribution in [-0.4, -0.2) is 32.3 Å². The number of hydrogen-bond donors (Lipinski definition) is 2. The molecule has 0 saturated carbocycles. The maximum atomic E-state index is 13.6. The molecule has 0 fully saturated rings. The molecule has 0 aliphatic carbocycles. The van der Waals surface area contributed by atoms with Crippen LogP contribution < -0.4 is 14.9 Å². The van der Waals surface area contributed by atoms with Crippen molar-refractivity contribution in [2.45, 2.75) is 45.1 Å². The molecule has 184 valence electrons. The number of rotatable bonds is 7. The van der Waals surface area contributed by atoms with Crippen LogP contribution in [0.3, 0.4) is 0 Å². The summed E-state index contributed by atoms with van der Waals surface area (Å²) in [6.45, 7) is 8.79. The van der Waals surface area contributed by atoms with Crippen LogP contribution >= 0.6 is 0 Å². The largest absolute Gasteiger partial charge is 0.347 e. The molecule has 0 heterocycles. The highest BCUT2D eigenvalue weighted by Crippen LogP contribution is 2.27. The first kappa shape index (κ1) is 26.0. The highest BCUT2D eigenvalue weighted by Gasteiger charge is 2.28. The van der Waals surface area contributed by atoms with Gasteiger partial charge in [-0.05, 0) is 70.5 Å². The van der Waals surface area contributed by atoms with Gasteiger partial charge in [-0.25, -0.2) is 8.42 Å². The van der Waals surface area contributed by atoms with Gasteiger partial charge in [0.25, 0.3) is 15.9 Å². The zero-order valence-corrected chi connectivity index (χ0v) is 21.4. The van der Waals surface area contributed by atoms with Gasteiger partial charge in [0.15, 0.2) is 0 Å². The fraction of sp³-hybridized carbons (Fsp3) is 0.259. The third kappa shape index (κ3) is 6.48. The zero-order chi connectivity index (χ0) is 25.8. The number of benzene rings is 3. The summed E-state index contributed by atoms with van der Waals surface area (Å²) in [5, 5.41) is 5.60. The van der Waals surface area contributed by atoms with Crippen molar-refractivity contribution in [3.8, 4) is 0 Å². The first-order valence-electron chi connectivity index (χ1n) is 11.2. The minimum Gasteiger partial charge on any atom is -0.347 e. The van der Waals surface area contributed by atoms with E-state index in [1.807, 2.05) is 27.7 Å². The Balaban J connectivity index is 1.94. The molecule has 35 heavy (non-hydrogen) atoms. The van der Waals surface area contributed by atoms with Crippen LogP contribution in [0.1, 0.15) is 42.3 Å². The molecule has 0 bridgehead atoms. The molecule has 7 nitrogen and oxygen atoms in total. The Bertz CT molecular complexity index is 1330. The maximum Gasteiger partial charge on any atom is 0.264 e. The van der Waals surface area contributed by atoms with E-state index < -0.39 is 28.0 Å². The van der Waals surface area contributed by atoms with Crippen LogP contribution in [0.4, 0.5) is 11.4 Å². The average molecular weight is 494 g/mol. The summed E-state index contributed by atoms with van der Waals surface area (Å²) < 4.78 is 28.3. The van der Waals surface area contributed by atoms with Crippen molar-refractivity contribution in [1.82, 2.24) is 5.32 Å². The molecule has 3 rings (SSSR count). The van der Waals surface area contributed by atoms with Crippen LogP contribution in [-0.2, 0) is 14.8 Å². The fourth-order valence-corrected chi connectivity index (χ4v) is 4.98. The van der Waals surface area contributed by atoms with Crippen molar-refractivity contribution in [2.75, 3.05) is 16.2 Å². The van der Waals surface area contributed by atoms with E-state index in [-0.39, 0.29) is 10.8 Å². The normalized spacial score (nSPS) is 11.6. The summed E-state index contributed by atoms with van der Waals surface area (Å²) in [4.78, 5) is 26.0. The van der Waals surface area contributed by atoms with Crippen molar-refractivity contribution in [1.29, 1.82) is 0 Å². The van der Waals surface area contributed by atoms with Gasteiger partial charge in [0.1, 0.15) is 6.54 Å². The van der Waals surface area contributed by atoms with Gasteiger partial charge in [-0.3, -0.25) is 13.9 Å². The molecule has 0 aliphatic rings. The lowest BCUT2D eigenvalue weighted by molar-refractivity contribution is -0.114. The van der Waals surface area contributed by atoms with E-state index in [2.05, 4.69) is 10.6 Å². The molecule has 0 spiro atoms. The molecule has 0 atom stereocenters. The molecule has 0 radical (unpaired) electrons. The lowest BCUT2D eigenvalue weighted by Crippen LogP contribution is -2.41. The van der Waals surface area contributed by atoms with E-state index in [1.54, 1.807) is 67.6 Å². The van der Waals surface area contributed by atoms with Gasteiger partial charge < -0.3 is 10.6 Å². The number of para-hydroxylation sites is 2. The second-order valence-corrected chi connectivity index (χ2v) is 11.3. The summed E-state index contributed by atoms with van der Waals surface area (Å²) in [5.74, 6) is -0.906. The first-order chi connectivity index (χ1) is 16.4. The molecule has 2 amide bonds. The predicted molar refractivity (Wildman–Crippen MR) is 139 cm³/mol. The number of amides is 2. The number of anilines is 2. The molecule has 0 saturated heterocycles. The molecule has 2 N–H and O–H groups in total. The van der Waals surface area contributed by atoms with Gasteiger partial charge in [-0.15, -0.1) is 0 Å². The monoisotopic (exact) mass is 493 g/mol. The van der Waals surface area contributed by atoms with Crippen molar-refractivity contribution < 1.29 is 18.0 Å². The van der Waals surface area contributed by atoms with E-state index in [0.717, 1.165) is 9.87 Å². The van der Waals surface area contributed by atoms with Crippen LogP contribution in [0.5, 0.6) is 0 Å². The quantitative estimate of drug-likeness (QED) is 0.500. The number of sulfonamides is 1. The minimum atomic E-state index is -4.04. The first-order valence-corrected chi connectivity index (χ1v) is 12.7. The smallest absolute Gasteiger partial charge is 0.264 e. The fourth-order valence-electron chi connectivity index (χ4n) is 3.50. The molecule has 0 unspecified atom stereocenters. The van der Waals surface area contributed by atoms with Crippen LogP contribution in [0.25, 0.3) is 0 Å². The second kappa shape index (κ2) is 10.3. The van der Waals surface area contributed by atoms with Crippen molar-refractivity contribution >= 4 is 33.2 Å². The lowest BCUT2D eigenvalue weighted by Gasteiger charge is -2.26. The van der Waals surface area contributed by atoms with E-state index in [4.69, 9.17) is 0 Å². The predicted octanol–water partition coefficient (Wildman–Crippen LogP) is 4.67. The topological polar surface area (TPSA) is 95.6 Å². The van der Waals surface area contributed by atoms with Crippen molar-refractivity contribution in [3.63, 3.8) is 0 Å². The van der Waals surface area contributed by atoms with Crippen LogP contribution in [0, 0.1) is 13.8 Å². The lowest BCUT2D eigenvalue weighted by atomic mass is 10.1. The van der Waals surface area contributed by atoms with Gasteiger partial charge in [-0.2, -0.15) is 0 Å². The molecule has 0 aromatic heterocycles. The average Bonchev–Trinajstić information content (AvgIpc) is 2.77. The van der Waals surface area contributed by atoms with E-state index in [0.29, 0.717) is 22.5 Å². The molecular weight excluding hydrogens is 462 g/mol. The summed E-state index contributed by atoms with van der Waals surface area (Å²) >= 11 is 0. The van der Waals surface area contributed by atoms with Gasteiger partial charge in [0.2, 0.25) is 5.91 Å². The number of hydrogen-bond acceptors (Lipinski definition) is 4. The second-order valence-electron chi connectivity index (χ2n) is 9.41. The third-order valence-corrected chi connectivity index (χ3v) is 6.99. The van der Waals surface area contributed by atoms with Gasteiger partial charge >= 0.3 is 0 Å². The molecule has 3 aromatic rings. The maximum absolute atomic E-state index is 13.6. The summed E-state index contributed by atoms with van der Waals surface area (Å²) in [7, 11) is -4.04. The number of carbonyl (C=O) groups is 2. The Morgan fingerprint density at radius 3 is 2.09 bits per heavy atom. The molecule has 8 heteroatoms. The number of aryl methyl sites for hydroxylation is 2. The molecule has 3 aromatic carbocycles. The Morgan fingerprint density at radius 1 is 0.857 bits per heavy atom. The summed E-state index contributed by atoms with van der Waals surface area (Å²) in [6.07, 6.45) is 0. The third-order valence-electron chi connectivity index (χ3n) is 5.21. The molecule has 0 aliphatic heterocycles. The van der Waals surface area contributed by atoms with Crippen LogP contribution in [0.15, 0.2) is 77.7 Å². The van der Waals surface area contributed by atoms with Gasteiger partial charge in [0.05, 0.1) is 21.8 Å². The SMILES string of the molecule is Cc1ccc(S(=O)(=O)N(CC(=O)Nc2ccccc2C(=O)NC(C)(C)C)c2ccccc2C)cc1.